The van der Waals surface area contributed by atoms with E-state index in [0.29, 0.717) is 41.7 Å². The van der Waals surface area contributed by atoms with Crippen molar-refractivity contribution in [2.75, 3.05) is 44.7 Å². The Morgan fingerprint density at radius 2 is 1.72 bits per heavy atom. The van der Waals surface area contributed by atoms with Gasteiger partial charge in [-0.3, -0.25) is 9.59 Å². The van der Waals surface area contributed by atoms with Gasteiger partial charge in [0.05, 0.1) is 17.7 Å². The van der Waals surface area contributed by atoms with Crippen LogP contribution in [0, 0.1) is 0 Å². The lowest BCUT2D eigenvalue weighted by Crippen LogP contribution is -2.48. The van der Waals surface area contributed by atoms with E-state index in [1.165, 1.54) is 0 Å². The van der Waals surface area contributed by atoms with Gasteiger partial charge in [0, 0.05) is 43.4 Å². The molecule has 1 atom stereocenters. The van der Waals surface area contributed by atoms with Gasteiger partial charge in [-0.15, -0.1) is 0 Å². The smallest absolute Gasteiger partial charge is 0.256 e. The third-order valence-electron chi connectivity index (χ3n) is 6.20. The van der Waals surface area contributed by atoms with Crippen molar-refractivity contribution in [1.82, 2.24) is 9.80 Å². The molecule has 0 aromatic heterocycles. The van der Waals surface area contributed by atoms with Crippen molar-refractivity contribution < 1.29 is 14.3 Å². The van der Waals surface area contributed by atoms with Crippen molar-refractivity contribution in [3.8, 4) is 5.75 Å². The first-order valence-corrected chi connectivity index (χ1v) is 11.7. The number of rotatable bonds is 4. The van der Waals surface area contributed by atoms with Gasteiger partial charge >= 0.3 is 0 Å². The Bertz CT molecular complexity index is 983. The number of ether oxygens (including phenoxy) is 1. The molecule has 2 aromatic carbocycles. The first kappa shape index (κ1) is 22.7. The SMILES string of the molecule is COc1ccc(N2CCCN(C(=O)C3CCCN3C(=O)c3cc(Cl)ccc3Cl)CC2)cc1. The summed E-state index contributed by atoms with van der Waals surface area (Å²) in [6, 6.07) is 12.4. The molecule has 0 saturated carbocycles. The molecular weight excluding hydrogens is 449 g/mol. The second-order valence-corrected chi connectivity index (χ2v) is 8.99. The molecule has 8 heteroatoms. The molecule has 0 radical (unpaired) electrons. The van der Waals surface area contributed by atoms with E-state index in [1.807, 2.05) is 29.2 Å². The number of nitrogens with zero attached hydrogens (tertiary/aromatic N) is 3. The van der Waals surface area contributed by atoms with Crippen LogP contribution in [0.15, 0.2) is 42.5 Å². The predicted molar refractivity (Wildman–Crippen MR) is 127 cm³/mol. The second kappa shape index (κ2) is 10.0. The van der Waals surface area contributed by atoms with Gasteiger partial charge < -0.3 is 19.4 Å². The average Bonchev–Trinajstić information content (AvgIpc) is 3.17. The van der Waals surface area contributed by atoms with Crippen molar-refractivity contribution in [3.63, 3.8) is 0 Å². The van der Waals surface area contributed by atoms with Crippen molar-refractivity contribution >= 4 is 40.7 Å². The van der Waals surface area contributed by atoms with E-state index in [2.05, 4.69) is 4.90 Å². The Morgan fingerprint density at radius 1 is 0.938 bits per heavy atom. The fourth-order valence-electron chi connectivity index (χ4n) is 4.48. The molecule has 0 aliphatic carbocycles. The summed E-state index contributed by atoms with van der Waals surface area (Å²) in [5, 5.41) is 0.799. The van der Waals surface area contributed by atoms with Crippen LogP contribution in [0.4, 0.5) is 5.69 Å². The second-order valence-electron chi connectivity index (χ2n) is 8.14. The van der Waals surface area contributed by atoms with Crippen LogP contribution in [-0.2, 0) is 4.79 Å². The monoisotopic (exact) mass is 475 g/mol. The molecule has 2 fully saturated rings. The summed E-state index contributed by atoms with van der Waals surface area (Å²) < 4.78 is 5.24. The normalized spacial score (nSPS) is 19.1. The van der Waals surface area contributed by atoms with Crippen molar-refractivity contribution in [1.29, 1.82) is 0 Å². The molecule has 4 rings (SSSR count). The average molecular weight is 476 g/mol. The number of hydrogen-bond acceptors (Lipinski definition) is 4. The molecule has 170 valence electrons. The standard InChI is InChI=1S/C24H27Cl2N3O3/c1-32-19-8-6-18(7-9-19)27-11-3-12-28(15-14-27)24(31)22-4-2-13-29(22)23(30)20-16-17(25)5-10-21(20)26/h5-10,16,22H,2-4,11-15H2,1H3. The van der Waals surface area contributed by atoms with E-state index in [9.17, 15) is 9.59 Å². The maximum absolute atomic E-state index is 13.4. The molecule has 2 amide bonds. The van der Waals surface area contributed by atoms with Gasteiger partial charge in [0.2, 0.25) is 5.91 Å². The summed E-state index contributed by atoms with van der Waals surface area (Å²) in [7, 11) is 1.65. The highest BCUT2D eigenvalue weighted by atomic mass is 35.5. The fourth-order valence-corrected chi connectivity index (χ4v) is 4.85. The summed E-state index contributed by atoms with van der Waals surface area (Å²) in [5.74, 6) is 0.611. The van der Waals surface area contributed by atoms with E-state index in [1.54, 1.807) is 30.2 Å². The van der Waals surface area contributed by atoms with Gasteiger partial charge in [-0.05, 0) is 61.7 Å². The summed E-state index contributed by atoms with van der Waals surface area (Å²) in [4.78, 5) is 32.4. The number of carbonyl (C=O) groups is 2. The molecule has 2 aliphatic heterocycles. The molecule has 2 heterocycles. The third-order valence-corrected chi connectivity index (χ3v) is 6.77. The lowest BCUT2D eigenvalue weighted by atomic mass is 10.1. The highest BCUT2D eigenvalue weighted by Crippen LogP contribution is 2.28. The minimum Gasteiger partial charge on any atom is -0.497 e. The number of halogens is 2. The van der Waals surface area contributed by atoms with Crippen molar-refractivity contribution in [2.45, 2.75) is 25.3 Å². The molecule has 0 bridgehead atoms. The van der Waals surface area contributed by atoms with Crippen LogP contribution in [0.1, 0.15) is 29.6 Å². The van der Waals surface area contributed by atoms with Crippen molar-refractivity contribution in [3.05, 3.63) is 58.1 Å². The minimum absolute atomic E-state index is 0.0191. The summed E-state index contributed by atoms with van der Waals surface area (Å²) in [6.45, 7) is 3.48. The maximum atomic E-state index is 13.4. The zero-order valence-electron chi connectivity index (χ0n) is 18.1. The van der Waals surface area contributed by atoms with Gasteiger partial charge in [0.1, 0.15) is 11.8 Å². The molecule has 32 heavy (non-hydrogen) atoms. The van der Waals surface area contributed by atoms with Crippen LogP contribution in [0.25, 0.3) is 0 Å². The van der Waals surface area contributed by atoms with Crippen LogP contribution in [0.2, 0.25) is 10.0 Å². The van der Waals surface area contributed by atoms with Gasteiger partial charge in [0.25, 0.3) is 5.91 Å². The predicted octanol–water partition coefficient (Wildman–Crippen LogP) is 4.35. The summed E-state index contributed by atoms with van der Waals surface area (Å²) in [5.41, 5.74) is 1.47. The number of anilines is 1. The third kappa shape index (κ3) is 4.81. The topological polar surface area (TPSA) is 53.1 Å². The molecule has 2 saturated heterocycles. The number of likely N-dealkylation sites (tertiary alicyclic amines) is 1. The molecule has 2 aromatic rings. The Balaban J connectivity index is 1.43. The largest absolute Gasteiger partial charge is 0.497 e. The molecule has 6 nitrogen and oxygen atoms in total. The van der Waals surface area contributed by atoms with Crippen molar-refractivity contribution in [2.24, 2.45) is 0 Å². The number of benzene rings is 2. The highest BCUT2D eigenvalue weighted by molar-refractivity contribution is 6.35. The summed E-state index contributed by atoms with van der Waals surface area (Å²) >= 11 is 12.3. The lowest BCUT2D eigenvalue weighted by Gasteiger charge is -2.30. The van der Waals surface area contributed by atoms with Crippen LogP contribution in [0.5, 0.6) is 5.75 Å². The lowest BCUT2D eigenvalue weighted by molar-refractivity contribution is -0.135. The van der Waals surface area contributed by atoms with Crippen LogP contribution < -0.4 is 9.64 Å². The zero-order chi connectivity index (χ0) is 22.7. The Kier molecular flexibility index (Phi) is 7.11. The number of methoxy groups -OCH3 is 1. The first-order valence-electron chi connectivity index (χ1n) is 10.9. The van der Waals surface area contributed by atoms with Gasteiger partial charge in [-0.2, -0.15) is 0 Å². The van der Waals surface area contributed by atoms with Crippen LogP contribution in [0.3, 0.4) is 0 Å². The van der Waals surface area contributed by atoms with Gasteiger partial charge in [-0.1, -0.05) is 23.2 Å². The molecule has 0 N–H and O–H groups in total. The van der Waals surface area contributed by atoms with E-state index < -0.39 is 6.04 Å². The Hall–Kier alpha value is -2.44. The molecule has 0 spiro atoms. The maximum Gasteiger partial charge on any atom is 0.256 e. The number of hydrogen-bond donors (Lipinski definition) is 0. The highest BCUT2D eigenvalue weighted by Gasteiger charge is 2.37. The van der Waals surface area contributed by atoms with E-state index in [4.69, 9.17) is 27.9 Å². The Morgan fingerprint density at radius 3 is 2.47 bits per heavy atom. The Labute approximate surface area is 198 Å². The quantitative estimate of drug-likeness (QED) is 0.659. The van der Waals surface area contributed by atoms with Crippen LogP contribution in [-0.4, -0.2) is 67.5 Å². The van der Waals surface area contributed by atoms with Gasteiger partial charge in [0.15, 0.2) is 0 Å². The zero-order valence-corrected chi connectivity index (χ0v) is 19.6. The van der Waals surface area contributed by atoms with Gasteiger partial charge in [-0.25, -0.2) is 0 Å². The molecular formula is C24H27Cl2N3O3. The van der Waals surface area contributed by atoms with Crippen LogP contribution >= 0.6 is 23.2 Å². The van der Waals surface area contributed by atoms with E-state index in [-0.39, 0.29) is 11.8 Å². The van der Waals surface area contributed by atoms with E-state index >= 15 is 0 Å². The number of carbonyl (C=O) groups excluding carboxylic acids is 2. The first-order chi connectivity index (χ1) is 15.5. The summed E-state index contributed by atoms with van der Waals surface area (Å²) in [6.07, 6.45) is 2.34. The molecule has 2 aliphatic rings. The number of amides is 2. The minimum atomic E-state index is -0.454. The molecule has 1 unspecified atom stereocenters. The fraction of sp³-hybridized carbons (Fsp3) is 0.417. The van der Waals surface area contributed by atoms with E-state index in [0.717, 1.165) is 37.4 Å².